The van der Waals surface area contributed by atoms with Crippen LogP contribution in [0.1, 0.15) is 92.7 Å². The molecule has 0 saturated carbocycles. The Morgan fingerprint density at radius 1 is 0.935 bits per heavy atom. The van der Waals surface area contributed by atoms with Gasteiger partial charge in [0.25, 0.3) is 0 Å². The molecule has 2 atom stereocenters. The topological polar surface area (TPSA) is 110 Å². The first-order chi connectivity index (χ1) is 22.2. The normalized spacial score (nSPS) is 18.7. The van der Waals surface area contributed by atoms with Crippen molar-refractivity contribution in [3.05, 3.63) is 101 Å². The molecule has 1 aliphatic carbocycles. The monoisotopic (exact) mass is 618 g/mol. The molecule has 1 fully saturated rings. The molecule has 3 aromatic heterocycles. The van der Waals surface area contributed by atoms with Gasteiger partial charge in [-0.1, -0.05) is 62.7 Å². The Morgan fingerprint density at radius 2 is 1.70 bits per heavy atom. The van der Waals surface area contributed by atoms with E-state index < -0.39 is 0 Å². The Labute approximate surface area is 269 Å². The molecule has 4 heterocycles. The number of benzene rings is 2. The molecule has 0 radical (unpaired) electrons. The minimum Gasteiger partial charge on any atom is -0.484 e. The van der Waals surface area contributed by atoms with Crippen LogP contribution in [0.5, 0.6) is 5.75 Å². The first-order valence-electron chi connectivity index (χ1n) is 16.3. The standard InChI is InChI=1S/C36H42N8O2/c1-23-9-11-25(12-10-23)44-33(21-31(42-44)36(2,3)4)39-35(45)38-29-14-15-30(28-8-6-5-7-27(28)29)46-26-13-16-32-40-41-34(43(32)22-26)24-17-19-37-20-18-24/h5-13,16,21-22,24,29-30,37H,14-15,17-20H2,1-4H3,(H2,38,39,45). The van der Waals surface area contributed by atoms with Gasteiger partial charge in [0.15, 0.2) is 5.65 Å². The zero-order chi connectivity index (χ0) is 31.8. The van der Waals surface area contributed by atoms with E-state index in [0.29, 0.717) is 11.7 Å². The Balaban J connectivity index is 1.09. The highest BCUT2D eigenvalue weighted by molar-refractivity contribution is 5.89. The summed E-state index contributed by atoms with van der Waals surface area (Å²) in [5.41, 5.74) is 5.77. The third-order valence-electron chi connectivity index (χ3n) is 9.12. The van der Waals surface area contributed by atoms with Gasteiger partial charge in [0.05, 0.1) is 23.6 Å². The van der Waals surface area contributed by atoms with Crippen LogP contribution in [-0.2, 0) is 5.41 Å². The van der Waals surface area contributed by atoms with Crippen LogP contribution in [0.3, 0.4) is 0 Å². The average molecular weight is 619 g/mol. The lowest BCUT2D eigenvalue weighted by Crippen LogP contribution is -2.36. The van der Waals surface area contributed by atoms with Crippen molar-refractivity contribution in [2.45, 2.75) is 76.9 Å². The number of anilines is 1. The number of urea groups is 1. The van der Waals surface area contributed by atoms with Crippen LogP contribution in [-0.4, -0.2) is 43.5 Å². The summed E-state index contributed by atoms with van der Waals surface area (Å²) in [6, 6.07) is 21.9. The molecule has 1 aliphatic heterocycles. The number of rotatable bonds is 6. The minimum atomic E-state index is -0.267. The second-order valence-electron chi connectivity index (χ2n) is 13.6. The lowest BCUT2D eigenvalue weighted by atomic mass is 9.85. The molecule has 46 heavy (non-hydrogen) atoms. The number of nitrogens with one attached hydrogen (secondary N) is 3. The average Bonchev–Trinajstić information content (AvgIpc) is 3.68. The third kappa shape index (κ3) is 6.09. The zero-order valence-corrected chi connectivity index (χ0v) is 27.0. The van der Waals surface area contributed by atoms with Crippen molar-refractivity contribution in [2.75, 3.05) is 18.4 Å². The molecule has 10 nitrogen and oxygen atoms in total. The van der Waals surface area contributed by atoms with E-state index in [4.69, 9.17) is 9.84 Å². The van der Waals surface area contributed by atoms with E-state index in [9.17, 15) is 4.79 Å². The molecule has 0 bridgehead atoms. The van der Waals surface area contributed by atoms with Gasteiger partial charge in [-0.3, -0.25) is 9.72 Å². The summed E-state index contributed by atoms with van der Waals surface area (Å²) in [6.45, 7) is 10.4. The number of aromatic nitrogens is 5. The van der Waals surface area contributed by atoms with E-state index in [1.165, 1.54) is 5.56 Å². The first-order valence-corrected chi connectivity index (χ1v) is 16.3. The van der Waals surface area contributed by atoms with Gasteiger partial charge in [0, 0.05) is 17.4 Å². The fourth-order valence-electron chi connectivity index (χ4n) is 6.53. The summed E-state index contributed by atoms with van der Waals surface area (Å²) >= 11 is 0. The van der Waals surface area contributed by atoms with Gasteiger partial charge in [-0.05, 0) is 81.1 Å². The molecule has 5 aromatic rings. The highest BCUT2D eigenvalue weighted by Gasteiger charge is 2.30. The van der Waals surface area contributed by atoms with Crippen LogP contribution < -0.4 is 20.7 Å². The van der Waals surface area contributed by atoms with Crippen molar-refractivity contribution in [2.24, 2.45) is 0 Å². The van der Waals surface area contributed by atoms with Crippen molar-refractivity contribution in [3.8, 4) is 11.4 Å². The first kappa shape index (κ1) is 30.0. The maximum Gasteiger partial charge on any atom is 0.320 e. The molecule has 10 heteroatoms. The van der Waals surface area contributed by atoms with Crippen LogP contribution in [0.25, 0.3) is 11.3 Å². The van der Waals surface area contributed by atoms with Gasteiger partial charge in [-0.15, -0.1) is 10.2 Å². The van der Waals surface area contributed by atoms with E-state index >= 15 is 0 Å². The number of carbonyl (C=O) groups excluding carboxylic acids is 1. The predicted octanol–water partition coefficient (Wildman–Crippen LogP) is 6.76. The zero-order valence-electron chi connectivity index (χ0n) is 27.0. The van der Waals surface area contributed by atoms with Gasteiger partial charge in [-0.25, -0.2) is 9.48 Å². The quantitative estimate of drug-likeness (QED) is 0.194. The number of amides is 2. The van der Waals surface area contributed by atoms with E-state index in [-0.39, 0.29) is 23.6 Å². The molecular weight excluding hydrogens is 576 g/mol. The third-order valence-corrected chi connectivity index (χ3v) is 9.12. The van der Waals surface area contributed by atoms with Crippen molar-refractivity contribution in [3.63, 3.8) is 0 Å². The van der Waals surface area contributed by atoms with Crippen molar-refractivity contribution in [1.29, 1.82) is 0 Å². The number of pyridine rings is 1. The summed E-state index contributed by atoms with van der Waals surface area (Å²) < 4.78 is 10.5. The number of ether oxygens (including phenoxy) is 1. The Morgan fingerprint density at radius 3 is 2.46 bits per heavy atom. The van der Waals surface area contributed by atoms with E-state index in [0.717, 1.165) is 78.5 Å². The number of aryl methyl sites for hydroxylation is 1. The molecule has 2 unspecified atom stereocenters. The molecule has 7 rings (SSSR count). The Kier molecular flexibility index (Phi) is 7.98. The fraction of sp³-hybridized carbons (Fsp3) is 0.389. The summed E-state index contributed by atoms with van der Waals surface area (Å²) in [5.74, 6) is 2.80. The highest BCUT2D eigenvalue weighted by Crippen LogP contribution is 2.39. The van der Waals surface area contributed by atoms with Gasteiger partial charge in [0.1, 0.15) is 23.5 Å². The molecule has 2 amide bonds. The van der Waals surface area contributed by atoms with E-state index in [1.54, 1.807) is 0 Å². The van der Waals surface area contributed by atoms with Crippen LogP contribution in [0, 0.1) is 6.92 Å². The number of nitrogens with zero attached hydrogens (tertiary/aromatic N) is 5. The lowest BCUT2D eigenvalue weighted by molar-refractivity contribution is 0.171. The molecule has 238 valence electrons. The van der Waals surface area contributed by atoms with Gasteiger partial charge in [0.2, 0.25) is 0 Å². The molecule has 2 aromatic carbocycles. The van der Waals surface area contributed by atoms with Gasteiger partial charge >= 0.3 is 6.03 Å². The Hall–Kier alpha value is -4.70. The second kappa shape index (κ2) is 12.2. The van der Waals surface area contributed by atoms with Crippen molar-refractivity contribution in [1.82, 2.24) is 35.0 Å². The smallest absolute Gasteiger partial charge is 0.320 e. The largest absolute Gasteiger partial charge is 0.484 e. The maximum atomic E-state index is 13.5. The Bertz CT molecular complexity index is 1850. The molecule has 1 saturated heterocycles. The highest BCUT2D eigenvalue weighted by atomic mass is 16.5. The minimum absolute atomic E-state index is 0.133. The van der Waals surface area contributed by atoms with Crippen molar-refractivity contribution < 1.29 is 9.53 Å². The summed E-state index contributed by atoms with van der Waals surface area (Å²) in [7, 11) is 0. The van der Waals surface area contributed by atoms with Crippen molar-refractivity contribution >= 4 is 17.5 Å². The molecular formula is C36H42N8O2. The SMILES string of the molecule is Cc1ccc(-n2nc(C(C)(C)C)cc2NC(=O)NC2CCC(Oc3ccc4nnc(C5CCNCC5)n4c3)c3ccccc32)cc1. The van der Waals surface area contributed by atoms with E-state index in [2.05, 4.69) is 70.4 Å². The van der Waals surface area contributed by atoms with Crippen LogP contribution >= 0.6 is 0 Å². The van der Waals surface area contributed by atoms with Crippen LogP contribution in [0.4, 0.5) is 10.6 Å². The summed E-state index contributed by atoms with van der Waals surface area (Å²) in [5, 5.41) is 23.6. The summed E-state index contributed by atoms with van der Waals surface area (Å²) in [6.07, 6.45) is 5.50. The number of hydrogen-bond donors (Lipinski definition) is 3. The number of carbonyl (C=O) groups is 1. The molecule has 0 spiro atoms. The lowest BCUT2D eigenvalue weighted by Gasteiger charge is -2.32. The second-order valence-corrected chi connectivity index (χ2v) is 13.6. The fourth-order valence-corrected chi connectivity index (χ4v) is 6.53. The maximum absolute atomic E-state index is 13.5. The van der Waals surface area contributed by atoms with Gasteiger partial charge < -0.3 is 15.4 Å². The van der Waals surface area contributed by atoms with Gasteiger partial charge in [-0.2, -0.15) is 5.10 Å². The summed E-state index contributed by atoms with van der Waals surface area (Å²) in [4.78, 5) is 13.5. The van der Waals surface area contributed by atoms with E-state index in [1.807, 2.05) is 65.5 Å². The molecule has 2 aliphatic rings. The number of fused-ring (bicyclic) bond motifs is 2. The number of hydrogen-bond acceptors (Lipinski definition) is 6. The number of piperidine rings is 1. The van der Waals surface area contributed by atoms with Crippen LogP contribution in [0.2, 0.25) is 0 Å². The predicted molar refractivity (Wildman–Crippen MR) is 179 cm³/mol. The van der Waals surface area contributed by atoms with Crippen LogP contribution in [0.15, 0.2) is 72.9 Å². The molecule has 3 N–H and O–H groups in total.